The van der Waals surface area contributed by atoms with Crippen LogP contribution in [0, 0.1) is 5.82 Å². The number of hydrogen-bond donors (Lipinski definition) is 3. The number of carbonyl (C=O) groups excluding carboxylic acids is 3. The molecule has 0 spiro atoms. The standard InChI is InChI=1S/C20H16FN3O4/c21-15-7-3-13(4-8-15)12-18(25)23-24-19(26)14-5-9-16(10-6-14)22-20(27)17-2-1-11-28-17/h1-11H,12H2,(H,22,27)(H,23,25)(H,24,26). The maximum Gasteiger partial charge on any atom is 0.291 e. The second-order valence-corrected chi connectivity index (χ2v) is 5.81. The fourth-order valence-corrected chi connectivity index (χ4v) is 2.34. The summed E-state index contributed by atoms with van der Waals surface area (Å²) < 4.78 is 17.8. The van der Waals surface area contributed by atoms with Crippen LogP contribution < -0.4 is 16.2 Å². The van der Waals surface area contributed by atoms with Gasteiger partial charge in [-0.05, 0) is 54.1 Å². The van der Waals surface area contributed by atoms with Gasteiger partial charge in [0.1, 0.15) is 5.82 Å². The fourth-order valence-electron chi connectivity index (χ4n) is 2.34. The summed E-state index contributed by atoms with van der Waals surface area (Å²) in [5, 5.41) is 2.63. The van der Waals surface area contributed by atoms with E-state index in [1.807, 2.05) is 0 Å². The molecule has 8 heteroatoms. The normalized spacial score (nSPS) is 10.2. The Kier molecular flexibility index (Phi) is 5.81. The maximum absolute atomic E-state index is 12.9. The molecule has 0 saturated carbocycles. The smallest absolute Gasteiger partial charge is 0.291 e. The zero-order valence-corrected chi connectivity index (χ0v) is 14.6. The lowest BCUT2D eigenvalue weighted by Crippen LogP contribution is -2.42. The summed E-state index contributed by atoms with van der Waals surface area (Å²) in [4.78, 5) is 35.8. The molecular formula is C20H16FN3O4. The molecule has 3 N–H and O–H groups in total. The van der Waals surface area contributed by atoms with Crippen LogP contribution in [0.25, 0.3) is 0 Å². The van der Waals surface area contributed by atoms with Crippen LogP contribution in [0.4, 0.5) is 10.1 Å². The van der Waals surface area contributed by atoms with Crippen molar-refractivity contribution < 1.29 is 23.2 Å². The van der Waals surface area contributed by atoms with Crippen molar-refractivity contribution in [3.05, 3.63) is 89.6 Å². The Hall–Kier alpha value is -3.94. The lowest BCUT2D eigenvalue weighted by Gasteiger charge is -2.08. The van der Waals surface area contributed by atoms with E-state index in [0.717, 1.165) is 0 Å². The van der Waals surface area contributed by atoms with Gasteiger partial charge in [-0.15, -0.1) is 0 Å². The van der Waals surface area contributed by atoms with Gasteiger partial charge in [0.25, 0.3) is 11.8 Å². The van der Waals surface area contributed by atoms with Crippen molar-refractivity contribution >= 4 is 23.4 Å². The summed E-state index contributed by atoms with van der Waals surface area (Å²) in [7, 11) is 0. The SMILES string of the molecule is O=C(Cc1ccc(F)cc1)NNC(=O)c1ccc(NC(=O)c2ccco2)cc1. The van der Waals surface area contributed by atoms with Crippen molar-refractivity contribution in [1.29, 1.82) is 0 Å². The first kappa shape index (κ1) is 18.8. The predicted molar refractivity (Wildman–Crippen MR) is 98.8 cm³/mol. The van der Waals surface area contributed by atoms with Crippen molar-refractivity contribution in [3.63, 3.8) is 0 Å². The Balaban J connectivity index is 1.49. The van der Waals surface area contributed by atoms with Gasteiger partial charge in [-0.3, -0.25) is 25.2 Å². The van der Waals surface area contributed by atoms with Crippen LogP contribution in [-0.2, 0) is 11.2 Å². The summed E-state index contributed by atoms with van der Waals surface area (Å²) in [6, 6.07) is 14.7. The summed E-state index contributed by atoms with van der Waals surface area (Å²) in [5.41, 5.74) is 5.98. The number of hydrazine groups is 1. The van der Waals surface area contributed by atoms with E-state index in [2.05, 4.69) is 16.2 Å². The highest BCUT2D eigenvalue weighted by atomic mass is 19.1. The second-order valence-electron chi connectivity index (χ2n) is 5.81. The highest BCUT2D eigenvalue weighted by Crippen LogP contribution is 2.12. The molecule has 0 aliphatic carbocycles. The second kappa shape index (κ2) is 8.63. The molecule has 1 aromatic heterocycles. The molecule has 2 aromatic carbocycles. The Labute approximate surface area is 159 Å². The van der Waals surface area contributed by atoms with Crippen molar-refractivity contribution in [2.45, 2.75) is 6.42 Å². The third-order valence-electron chi connectivity index (χ3n) is 3.74. The van der Waals surface area contributed by atoms with Crippen LogP contribution in [0.15, 0.2) is 71.3 Å². The van der Waals surface area contributed by atoms with Gasteiger partial charge in [0.15, 0.2) is 5.76 Å². The molecule has 0 aliphatic heterocycles. The van der Waals surface area contributed by atoms with Crippen molar-refractivity contribution in [1.82, 2.24) is 10.9 Å². The van der Waals surface area contributed by atoms with Crippen LogP contribution in [0.5, 0.6) is 0 Å². The van der Waals surface area contributed by atoms with Crippen molar-refractivity contribution in [2.24, 2.45) is 0 Å². The summed E-state index contributed by atoms with van der Waals surface area (Å²) in [6.07, 6.45) is 1.39. The number of benzene rings is 2. The number of carbonyl (C=O) groups is 3. The number of nitrogens with one attached hydrogen (secondary N) is 3. The molecule has 3 rings (SSSR count). The van der Waals surface area contributed by atoms with Gasteiger partial charge < -0.3 is 9.73 Å². The molecule has 3 amide bonds. The number of rotatable bonds is 5. The average molecular weight is 381 g/mol. The van der Waals surface area contributed by atoms with E-state index in [1.54, 1.807) is 18.2 Å². The number of halogens is 1. The minimum atomic E-state index is -0.517. The minimum absolute atomic E-state index is 0.00168. The zero-order chi connectivity index (χ0) is 19.9. The molecule has 1 heterocycles. The van der Waals surface area contributed by atoms with E-state index in [1.165, 1.54) is 48.7 Å². The third-order valence-corrected chi connectivity index (χ3v) is 3.74. The molecule has 0 fully saturated rings. The first-order valence-corrected chi connectivity index (χ1v) is 8.30. The molecule has 28 heavy (non-hydrogen) atoms. The van der Waals surface area contributed by atoms with Crippen LogP contribution in [0.3, 0.4) is 0 Å². The van der Waals surface area contributed by atoms with Crippen LogP contribution in [0.2, 0.25) is 0 Å². The van der Waals surface area contributed by atoms with E-state index in [0.29, 0.717) is 11.3 Å². The predicted octanol–water partition coefficient (Wildman–Crippen LogP) is 2.67. The lowest BCUT2D eigenvalue weighted by atomic mass is 10.1. The Morgan fingerprint density at radius 1 is 0.857 bits per heavy atom. The van der Waals surface area contributed by atoms with Crippen LogP contribution in [0.1, 0.15) is 26.5 Å². The molecule has 0 atom stereocenters. The van der Waals surface area contributed by atoms with E-state index >= 15 is 0 Å². The molecule has 3 aromatic rings. The molecular weight excluding hydrogens is 365 g/mol. The quantitative estimate of drug-likeness (QED) is 0.592. The van der Waals surface area contributed by atoms with Gasteiger partial charge in [0.2, 0.25) is 5.91 Å². The summed E-state index contributed by atoms with van der Waals surface area (Å²) >= 11 is 0. The van der Waals surface area contributed by atoms with Crippen LogP contribution >= 0.6 is 0 Å². The third kappa shape index (κ3) is 5.04. The van der Waals surface area contributed by atoms with Gasteiger partial charge >= 0.3 is 0 Å². The van der Waals surface area contributed by atoms with Gasteiger partial charge in [-0.25, -0.2) is 4.39 Å². The maximum atomic E-state index is 12.9. The van der Waals surface area contributed by atoms with Gasteiger partial charge in [-0.1, -0.05) is 12.1 Å². The first-order chi connectivity index (χ1) is 13.5. The van der Waals surface area contributed by atoms with Crippen molar-refractivity contribution in [2.75, 3.05) is 5.32 Å². The van der Waals surface area contributed by atoms with E-state index in [-0.39, 0.29) is 23.6 Å². The van der Waals surface area contributed by atoms with Gasteiger partial charge in [-0.2, -0.15) is 0 Å². The molecule has 0 aliphatic rings. The number of hydrogen-bond acceptors (Lipinski definition) is 4. The first-order valence-electron chi connectivity index (χ1n) is 8.30. The highest BCUT2D eigenvalue weighted by molar-refractivity contribution is 6.02. The lowest BCUT2D eigenvalue weighted by molar-refractivity contribution is -0.121. The largest absolute Gasteiger partial charge is 0.459 e. The Morgan fingerprint density at radius 3 is 2.21 bits per heavy atom. The summed E-state index contributed by atoms with van der Waals surface area (Å²) in [5.74, 6) is -1.58. The van der Waals surface area contributed by atoms with Gasteiger partial charge in [0, 0.05) is 11.3 Å². The topological polar surface area (TPSA) is 100 Å². The molecule has 0 unspecified atom stereocenters. The molecule has 0 radical (unpaired) electrons. The van der Waals surface area contributed by atoms with Crippen molar-refractivity contribution in [3.8, 4) is 0 Å². The van der Waals surface area contributed by atoms with E-state index in [4.69, 9.17) is 4.42 Å². The summed E-state index contributed by atoms with van der Waals surface area (Å²) in [6.45, 7) is 0. The minimum Gasteiger partial charge on any atom is -0.459 e. The molecule has 7 nitrogen and oxygen atoms in total. The van der Waals surface area contributed by atoms with Crippen LogP contribution in [-0.4, -0.2) is 17.7 Å². The molecule has 0 bridgehead atoms. The monoisotopic (exact) mass is 381 g/mol. The van der Waals surface area contributed by atoms with E-state index in [9.17, 15) is 18.8 Å². The number of amides is 3. The Morgan fingerprint density at radius 2 is 1.57 bits per heavy atom. The number of anilines is 1. The van der Waals surface area contributed by atoms with Gasteiger partial charge in [0.05, 0.1) is 12.7 Å². The fraction of sp³-hybridized carbons (Fsp3) is 0.0500. The highest BCUT2D eigenvalue weighted by Gasteiger charge is 2.11. The average Bonchev–Trinajstić information content (AvgIpc) is 3.23. The number of furan rings is 1. The van der Waals surface area contributed by atoms with E-state index < -0.39 is 17.7 Å². The Bertz CT molecular complexity index is 968. The zero-order valence-electron chi connectivity index (χ0n) is 14.6. The molecule has 142 valence electrons. The molecule has 0 saturated heterocycles.